The number of carbonyl (C=O) groups is 5. The standard InChI is InChI=1S/C35H52FN3O10/c1-22(30(41)42)47-31(43)26(19-23-9-10-23)37(7)29(40)28(20-24-11-13-25(14-12-24)39-15-17-46-18-16-39)48-32(44)27(21-35(5,6)36)38(8)33(45)49-34(2,3)4/h11-14,22-23,26-28H,9-10,15-21H2,1-8H3,(H,41,42)/t22-,26+,27+,28-/m1/s1. The van der Waals surface area contributed by atoms with Gasteiger partial charge in [0.05, 0.1) is 13.2 Å². The van der Waals surface area contributed by atoms with Crippen LogP contribution in [0.1, 0.15) is 72.8 Å². The molecule has 0 unspecified atom stereocenters. The number of nitrogens with zero attached hydrogens (tertiary/aromatic N) is 3. The number of rotatable bonds is 15. The van der Waals surface area contributed by atoms with Crippen molar-refractivity contribution in [1.82, 2.24) is 9.80 Å². The highest BCUT2D eigenvalue weighted by Gasteiger charge is 2.42. The third-order valence-electron chi connectivity index (χ3n) is 8.35. The van der Waals surface area contributed by atoms with Crippen molar-refractivity contribution < 1.29 is 52.4 Å². The molecule has 1 saturated carbocycles. The molecule has 1 aromatic rings. The number of morpholine rings is 1. The van der Waals surface area contributed by atoms with Crippen LogP contribution in [0.2, 0.25) is 0 Å². The van der Waals surface area contributed by atoms with Gasteiger partial charge in [-0.2, -0.15) is 0 Å². The summed E-state index contributed by atoms with van der Waals surface area (Å²) in [4.78, 5) is 69.9. The third kappa shape index (κ3) is 12.5. The number of carboxylic acid groups (broad SMARTS) is 1. The zero-order chi connectivity index (χ0) is 36.7. The first-order valence-corrected chi connectivity index (χ1v) is 16.7. The number of carboxylic acids is 1. The maximum atomic E-state index is 15.0. The Hall–Kier alpha value is -3.94. The summed E-state index contributed by atoms with van der Waals surface area (Å²) in [5.74, 6) is -3.86. The molecule has 1 aliphatic carbocycles. The summed E-state index contributed by atoms with van der Waals surface area (Å²) < 4.78 is 36.9. The van der Waals surface area contributed by atoms with E-state index in [1.54, 1.807) is 32.9 Å². The molecule has 1 N–H and O–H groups in total. The van der Waals surface area contributed by atoms with Crippen LogP contribution in [0.15, 0.2) is 24.3 Å². The second-order valence-electron chi connectivity index (χ2n) is 14.5. The van der Waals surface area contributed by atoms with Gasteiger partial charge in [-0.05, 0) is 71.6 Å². The Labute approximate surface area is 288 Å². The van der Waals surface area contributed by atoms with E-state index >= 15 is 4.39 Å². The van der Waals surface area contributed by atoms with Crippen LogP contribution < -0.4 is 4.90 Å². The van der Waals surface area contributed by atoms with Gasteiger partial charge < -0.3 is 33.9 Å². The van der Waals surface area contributed by atoms with E-state index < -0.39 is 71.9 Å². The molecule has 49 heavy (non-hydrogen) atoms. The normalized spacial score (nSPS) is 17.6. The number of hydrogen-bond acceptors (Lipinski definition) is 10. The van der Waals surface area contributed by atoms with Crippen molar-refractivity contribution in [1.29, 1.82) is 0 Å². The molecular weight excluding hydrogens is 641 g/mol. The molecule has 4 atom stereocenters. The van der Waals surface area contributed by atoms with Crippen LogP contribution in [0.25, 0.3) is 0 Å². The van der Waals surface area contributed by atoms with Crippen molar-refractivity contribution in [3.8, 4) is 0 Å². The number of esters is 2. The topological polar surface area (TPSA) is 152 Å². The molecule has 0 spiro atoms. The lowest BCUT2D eigenvalue weighted by Crippen LogP contribution is -2.52. The van der Waals surface area contributed by atoms with Crippen LogP contribution in [0.4, 0.5) is 14.9 Å². The number of amides is 2. The third-order valence-corrected chi connectivity index (χ3v) is 8.35. The molecule has 3 rings (SSSR count). The van der Waals surface area contributed by atoms with Crippen molar-refractivity contribution in [2.45, 2.75) is 109 Å². The van der Waals surface area contributed by atoms with E-state index in [0.717, 1.165) is 41.4 Å². The molecule has 2 amide bonds. The van der Waals surface area contributed by atoms with E-state index in [4.69, 9.17) is 18.9 Å². The molecule has 14 heteroatoms. The Balaban J connectivity index is 1.94. The second-order valence-corrected chi connectivity index (χ2v) is 14.5. The van der Waals surface area contributed by atoms with Gasteiger partial charge in [0.2, 0.25) is 0 Å². The molecule has 0 bridgehead atoms. The number of halogens is 1. The molecular formula is C35H52FN3O10. The minimum Gasteiger partial charge on any atom is -0.479 e. The van der Waals surface area contributed by atoms with E-state index in [1.807, 2.05) is 12.1 Å². The fourth-order valence-electron chi connectivity index (χ4n) is 5.34. The Kier molecular flexibility index (Phi) is 13.4. The van der Waals surface area contributed by atoms with E-state index in [1.165, 1.54) is 34.9 Å². The van der Waals surface area contributed by atoms with Crippen LogP contribution in [0.3, 0.4) is 0 Å². The number of alkyl halides is 1. The smallest absolute Gasteiger partial charge is 0.410 e. The molecule has 1 saturated heterocycles. The lowest BCUT2D eigenvalue weighted by Gasteiger charge is -2.34. The molecule has 0 radical (unpaired) electrons. The summed E-state index contributed by atoms with van der Waals surface area (Å²) in [6.45, 7) is 11.3. The van der Waals surface area contributed by atoms with Gasteiger partial charge in [0.25, 0.3) is 5.91 Å². The maximum absolute atomic E-state index is 15.0. The number of carbonyl (C=O) groups excluding carboxylic acids is 4. The van der Waals surface area contributed by atoms with Crippen LogP contribution in [-0.4, -0.2) is 121 Å². The van der Waals surface area contributed by atoms with Gasteiger partial charge in [-0.1, -0.05) is 25.0 Å². The average Bonchev–Trinajstić information content (AvgIpc) is 3.85. The van der Waals surface area contributed by atoms with Crippen molar-refractivity contribution >= 4 is 35.6 Å². The second kappa shape index (κ2) is 16.6. The number of aliphatic carboxylic acids is 1. The van der Waals surface area contributed by atoms with Gasteiger partial charge in [0.1, 0.15) is 23.4 Å². The van der Waals surface area contributed by atoms with E-state index in [2.05, 4.69) is 4.90 Å². The number of benzene rings is 1. The van der Waals surface area contributed by atoms with Gasteiger partial charge in [0, 0.05) is 45.7 Å². The van der Waals surface area contributed by atoms with Crippen LogP contribution in [0, 0.1) is 5.92 Å². The molecule has 274 valence electrons. The van der Waals surface area contributed by atoms with E-state index in [9.17, 15) is 29.1 Å². The van der Waals surface area contributed by atoms with Crippen molar-refractivity contribution in [2.24, 2.45) is 5.92 Å². The van der Waals surface area contributed by atoms with Gasteiger partial charge in [-0.25, -0.2) is 23.6 Å². The molecule has 1 aliphatic heterocycles. The Bertz CT molecular complexity index is 1320. The number of likely N-dealkylation sites (N-methyl/N-ethyl adjacent to an activating group) is 2. The summed E-state index contributed by atoms with van der Waals surface area (Å²) in [5.41, 5.74) is -1.22. The first kappa shape index (κ1) is 39.5. The molecule has 1 heterocycles. The Morgan fingerprint density at radius 1 is 0.939 bits per heavy atom. The van der Waals surface area contributed by atoms with Gasteiger partial charge in [-0.3, -0.25) is 9.69 Å². The van der Waals surface area contributed by atoms with Gasteiger partial charge >= 0.3 is 24.0 Å². The lowest BCUT2D eigenvalue weighted by molar-refractivity contribution is -0.172. The van der Waals surface area contributed by atoms with Crippen LogP contribution in [-0.2, 0) is 44.5 Å². The molecule has 1 aromatic carbocycles. The zero-order valence-electron chi connectivity index (χ0n) is 29.9. The fourth-order valence-corrected chi connectivity index (χ4v) is 5.34. The number of ether oxygens (including phenoxy) is 4. The SMILES string of the molecule is C[C@@H](OC(=O)[C@H](CC1CC1)N(C)C(=O)[C@@H](Cc1ccc(N2CCOCC2)cc1)OC(=O)[C@H](CC(C)(C)F)N(C)C(=O)OC(C)(C)C)C(=O)O. The first-order valence-electron chi connectivity index (χ1n) is 16.7. The maximum Gasteiger partial charge on any atom is 0.410 e. The highest BCUT2D eigenvalue weighted by molar-refractivity contribution is 5.90. The minimum atomic E-state index is -1.91. The summed E-state index contributed by atoms with van der Waals surface area (Å²) in [5, 5.41) is 9.30. The quantitative estimate of drug-likeness (QED) is 0.210. The summed E-state index contributed by atoms with van der Waals surface area (Å²) >= 11 is 0. The molecule has 13 nitrogen and oxygen atoms in total. The van der Waals surface area contributed by atoms with Crippen molar-refractivity contribution in [3.63, 3.8) is 0 Å². The van der Waals surface area contributed by atoms with Gasteiger partial charge in [-0.15, -0.1) is 0 Å². The Morgan fingerprint density at radius 3 is 2.02 bits per heavy atom. The Morgan fingerprint density at radius 2 is 1.51 bits per heavy atom. The van der Waals surface area contributed by atoms with Crippen LogP contribution in [0.5, 0.6) is 0 Å². The predicted molar refractivity (Wildman–Crippen MR) is 178 cm³/mol. The predicted octanol–water partition coefficient (Wildman–Crippen LogP) is 3.99. The molecule has 2 aliphatic rings. The monoisotopic (exact) mass is 693 g/mol. The van der Waals surface area contributed by atoms with Crippen LogP contribution >= 0.6 is 0 Å². The summed E-state index contributed by atoms with van der Waals surface area (Å²) in [6, 6.07) is 4.79. The average molecular weight is 694 g/mol. The largest absolute Gasteiger partial charge is 0.479 e. The van der Waals surface area contributed by atoms with E-state index in [0.29, 0.717) is 18.8 Å². The fraction of sp³-hybridized carbons (Fsp3) is 0.686. The summed E-state index contributed by atoms with van der Waals surface area (Å²) in [6.07, 6.45) is -2.44. The molecule has 0 aromatic heterocycles. The minimum absolute atomic E-state index is 0.100. The highest BCUT2D eigenvalue weighted by atomic mass is 19.1. The molecule has 2 fully saturated rings. The van der Waals surface area contributed by atoms with E-state index in [-0.39, 0.29) is 18.8 Å². The van der Waals surface area contributed by atoms with Crippen molar-refractivity contribution in [2.75, 3.05) is 45.3 Å². The van der Waals surface area contributed by atoms with Gasteiger partial charge in [0.15, 0.2) is 12.2 Å². The number of anilines is 1. The summed E-state index contributed by atoms with van der Waals surface area (Å²) in [7, 11) is 2.67. The first-order chi connectivity index (χ1) is 22.8. The highest BCUT2D eigenvalue weighted by Crippen LogP contribution is 2.35. The number of hydrogen-bond donors (Lipinski definition) is 1. The lowest BCUT2D eigenvalue weighted by atomic mass is 9.99. The zero-order valence-corrected chi connectivity index (χ0v) is 29.9. The van der Waals surface area contributed by atoms with Crippen molar-refractivity contribution in [3.05, 3.63) is 29.8 Å².